The highest BCUT2D eigenvalue weighted by Gasteiger charge is 2.61. The number of epoxide rings is 1. The Labute approximate surface area is 310 Å². The maximum atomic E-state index is 13.5. The topological polar surface area (TPSA) is 207 Å². The normalized spacial score (nSPS) is 48.5. The third-order valence-corrected chi connectivity index (χ3v) is 11.6. The summed E-state index contributed by atoms with van der Waals surface area (Å²) in [6.07, 6.45) is -7.59. The molecule has 5 aliphatic heterocycles. The van der Waals surface area contributed by atoms with Gasteiger partial charge in [-0.25, -0.2) is 9.59 Å². The van der Waals surface area contributed by atoms with Gasteiger partial charge in [0.15, 0.2) is 24.0 Å². The standard InChI is InChI=1S/C37H58O16/c1-17-10-13-26(39)48-20(4)23(16-46-33-31(45-9)30(44-8)27(40)21(5)49-33)29-24(51-29)11-12-25(38)36(7,43)14-18(2)28(17)52-34-32(41)37(15-19(3)47-34)22(6)50-35(42)53-37/h10,13,17-24,27-34,40-41,43H,11-12,14-16H2,1-9H3. The van der Waals surface area contributed by atoms with Crippen LogP contribution in [0.1, 0.15) is 74.1 Å². The molecule has 5 rings (SSSR count). The number of esters is 1. The Morgan fingerprint density at radius 3 is 2.21 bits per heavy atom. The summed E-state index contributed by atoms with van der Waals surface area (Å²) in [6, 6.07) is 0. The number of carbonyl (C=O) groups is 3. The SMILES string of the molecule is COC1C(OCC2C(C)OC(=O)C=CC(C)C(OC3OC(C)CC4(OC(=O)OC4C)C3O)C(C)CC(C)(O)C(=O)CCC3OC32)OC(C)C(O)C1OC. The third-order valence-electron chi connectivity index (χ3n) is 11.6. The first-order valence-corrected chi connectivity index (χ1v) is 18.6. The van der Waals surface area contributed by atoms with Gasteiger partial charge in [-0.15, -0.1) is 0 Å². The van der Waals surface area contributed by atoms with E-state index in [9.17, 15) is 29.7 Å². The number of aliphatic hydroxyl groups is 3. The first-order chi connectivity index (χ1) is 24.9. The highest BCUT2D eigenvalue weighted by Crippen LogP contribution is 2.43. The molecule has 0 amide bonds. The lowest BCUT2D eigenvalue weighted by molar-refractivity contribution is -0.309. The molecule has 0 aromatic rings. The van der Waals surface area contributed by atoms with Gasteiger partial charge in [0.25, 0.3) is 0 Å². The van der Waals surface area contributed by atoms with Gasteiger partial charge in [0, 0.05) is 45.0 Å². The van der Waals surface area contributed by atoms with Gasteiger partial charge in [-0.05, 0) is 53.4 Å². The summed E-state index contributed by atoms with van der Waals surface area (Å²) in [5, 5.41) is 33.5. The van der Waals surface area contributed by atoms with Gasteiger partial charge in [0.2, 0.25) is 0 Å². The minimum atomic E-state index is -1.74. The van der Waals surface area contributed by atoms with E-state index in [-0.39, 0.29) is 37.8 Å². The number of carbonyl (C=O) groups excluding carboxylic acids is 3. The van der Waals surface area contributed by atoms with Crippen LogP contribution in [0.4, 0.5) is 4.79 Å². The van der Waals surface area contributed by atoms with Crippen LogP contribution < -0.4 is 0 Å². The van der Waals surface area contributed by atoms with Crippen molar-refractivity contribution in [1.82, 2.24) is 0 Å². The van der Waals surface area contributed by atoms with Crippen LogP contribution in [0.5, 0.6) is 0 Å². The minimum Gasteiger partial charge on any atom is -0.459 e. The molecule has 0 radical (unpaired) electrons. The molecule has 18 atom stereocenters. The Balaban J connectivity index is 1.35. The van der Waals surface area contributed by atoms with E-state index in [1.165, 1.54) is 27.2 Å². The second kappa shape index (κ2) is 16.9. The van der Waals surface area contributed by atoms with E-state index in [1.54, 1.807) is 47.6 Å². The van der Waals surface area contributed by atoms with Gasteiger partial charge in [0.05, 0.1) is 37.1 Å². The van der Waals surface area contributed by atoms with Crippen LogP contribution in [0.15, 0.2) is 12.2 Å². The van der Waals surface area contributed by atoms with Crippen LogP contribution in [0.3, 0.4) is 0 Å². The number of rotatable bonds is 7. The number of hydrogen-bond donors (Lipinski definition) is 3. The molecule has 5 aliphatic rings. The number of ether oxygens (including phenoxy) is 10. The van der Waals surface area contributed by atoms with E-state index in [2.05, 4.69) is 0 Å². The highest BCUT2D eigenvalue weighted by molar-refractivity contribution is 5.86. The van der Waals surface area contributed by atoms with Crippen molar-refractivity contribution in [2.75, 3.05) is 20.8 Å². The molecule has 0 aliphatic carbocycles. The fourth-order valence-corrected chi connectivity index (χ4v) is 8.36. The van der Waals surface area contributed by atoms with Gasteiger partial charge in [-0.3, -0.25) is 4.79 Å². The molecule has 0 bridgehead atoms. The molecule has 18 unspecified atom stereocenters. The van der Waals surface area contributed by atoms with Crippen molar-refractivity contribution in [3.05, 3.63) is 12.2 Å². The fraction of sp³-hybridized carbons (Fsp3) is 0.865. The number of methoxy groups -OCH3 is 2. The molecule has 53 heavy (non-hydrogen) atoms. The van der Waals surface area contributed by atoms with E-state index in [4.69, 9.17) is 47.4 Å². The summed E-state index contributed by atoms with van der Waals surface area (Å²) in [5.74, 6) is -2.49. The van der Waals surface area contributed by atoms with Crippen LogP contribution in [0.25, 0.3) is 0 Å². The fourth-order valence-electron chi connectivity index (χ4n) is 8.36. The molecule has 16 heteroatoms. The van der Waals surface area contributed by atoms with Crippen molar-refractivity contribution in [2.24, 2.45) is 17.8 Å². The van der Waals surface area contributed by atoms with Crippen LogP contribution in [-0.2, 0) is 57.0 Å². The number of hydrogen-bond acceptors (Lipinski definition) is 16. The van der Waals surface area contributed by atoms with Gasteiger partial charge in [0.1, 0.15) is 42.2 Å². The Morgan fingerprint density at radius 2 is 1.57 bits per heavy atom. The van der Waals surface area contributed by atoms with Crippen molar-refractivity contribution >= 4 is 17.9 Å². The van der Waals surface area contributed by atoms with Crippen LogP contribution in [0.2, 0.25) is 0 Å². The Morgan fingerprint density at radius 1 is 0.868 bits per heavy atom. The number of fused-ring (bicyclic) bond motifs is 1. The van der Waals surface area contributed by atoms with E-state index in [1.807, 2.05) is 0 Å². The average Bonchev–Trinajstić information content (AvgIpc) is 3.79. The molecule has 4 fully saturated rings. The molecular weight excluding hydrogens is 700 g/mol. The van der Waals surface area contributed by atoms with Crippen molar-refractivity contribution in [2.45, 2.75) is 165 Å². The predicted octanol–water partition coefficient (Wildman–Crippen LogP) is 1.96. The molecule has 4 saturated heterocycles. The molecule has 302 valence electrons. The monoisotopic (exact) mass is 758 g/mol. The number of cyclic esters (lactones) is 2. The molecular formula is C37H58O16. The van der Waals surface area contributed by atoms with E-state index in [0.717, 1.165) is 0 Å². The van der Waals surface area contributed by atoms with Crippen LogP contribution in [-0.4, -0.2) is 145 Å². The highest BCUT2D eigenvalue weighted by atomic mass is 16.8. The zero-order chi connectivity index (χ0) is 39.0. The number of aliphatic hydroxyl groups excluding tert-OH is 2. The Hall–Kier alpha value is -2.25. The maximum Gasteiger partial charge on any atom is 0.509 e. The van der Waals surface area contributed by atoms with Crippen molar-refractivity contribution < 1.29 is 77.1 Å². The largest absolute Gasteiger partial charge is 0.509 e. The molecule has 3 N–H and O–H groups in total. The number of ketones is 1. The predicted molar refractivity (Wildman–Crippen MR) is 182 cm³/mol. The third kappa shape index (κ3) is 9.08. The second-order valence-electron chi connectivity index (χ2n) is 15.6. The second-order valence-corrected chi connectivity index (χ2v) is 15.6. The summed E-state index contributed by atoms with van der Waals surface area (Å²) >= 11 is 0. The Kier molecular flexibility index (Phi) is 13.3. The van der Waals surface area contributed by atoms with Crippen LogP contribution in [0, 0.1) is 17.8 Å². The molecule has 0 aromatic heterocycles. The van der Waals surface area contributed by atoms with Crippen molar-refractivity contribution in [3.63, 3.8) is 0 Å². The molecule has 16 nitrogen and oxygen atoms in total. The molecule has 5 heterocycles. The van der Waals surface area contributed by atoms with Crippen molar-refractivity contribution in [3.8, 4) is 0 Å². The van der Waals surface area contributed by atoms with Gasteiger partial charge in [-0.1, -0.05) is 19.9 Å². The zero-order valence-electron chi connectivity index (χ0n) is 32.1. The quantitative estimate of drug-likeness (QED) is 0.251. The van der Waals surface area contributed by atoms with E-state index >= 15 is 0 Å². The van der Waals surface area contributed by atoms with Crippen molar-refractivity contribution in [1.29, 1.82) is 0 Å². The van der Waals surface area contributed by atoms with Crippen LogP contribution >= 0.6 is 0 Å². The average molecular weight is 759 g/mol. The smallest absolute Gasteiger partial charge is 0.459 e. The molecule has 1 spiro atoms. The molecule has 0 saturated carbocycles. The van der Waals surface area contributed by atoms with Gasteiger partial charge < -0.3 is 62.7 Å². The Bertz CT molecular complexity index is 1320. The summed E-state index contributed by atoms with van der Waals surface area (Å²) in [4.78, 5) is 38.9. The number of Topliss-reactive ketones (excluding diaryl/α,β-unsaturated/α-hetero) is 1. The first-order valence-electron chi connectivity index (χ1n) is 18.6. The summed E-state index contributed by atoms with van der Waals surface area (Å²) in [6.45, 7) is 11.9. The van der Waals surface area contributed by atoms with E-state index in [0.29, 0.717) is 6.42 Å². The first kappa shape index (κ1) is 41.9. The maximum absolute atomic E-state index is 13.5. The minimum absolute atomic E-state index is 0.00275. The van der Waals surface area contributed by atoms with Gasteiger partial charge in [-0.2, -0.15) is 0 Å². The summed E-state index contributed by atoms with van der Waals surface area (Å²) in [5.41, 5.74) is -3.14. The summed E-state index contributed by atoms with van der Waals surface area (Å²) < 4.78 is 58.3. The van der Waals surface area contributed by atoms with E-state index < -0.39 is 115 Å². The molecule has 0 aromatic carbocycles. The lowest BCUT2D eigenvalue weighted by atomic mass is 9.80. The lowest BCUT2D eigenvalue weighted by Gasteiger charge is -2.46. The lowest BCUT2D eigenvalue weighted by Crippen LogP contribution is -2.62. The summed E-state index contributed by atoms with van der Waals surface area (Å²) in [7, 11) is 2.94. The van der Waals surface area contributed by atoms with Gasteiger partial charge >= 0.3 is 12.1 Å². The zero-order valence-corrected chi connectivity index (χ0v) is 32.1.